The number of carbonyl (C=O) groups is 1. The Morgan fingerprint density at radius 2 is 2.10 bits per heavy atom. The Hall–Kier alpha value is -1.14. The number of carbonyl (C=O) groups excluding carboxylic acids is 1. The second-order valence-corrected chi connectivity index (χ2v) is 6.65. The molecule has 0 spiro atoms. The standard InChI is InChI=1S/C15H19F2NO2S/c1-10(12-3-2-11(16)8-13(12)17)9-18-14(19)15(20)4-6-21-7-5-15/h2-3,8,10,20H,4-7,9H2,1H3,(H,18,19)/t10-/m1/s1. The quantitative estimate of drug-likeness (QED) is 0.897. The lowest BCUT2D eigenvalue weighted by molar-refractivity contribution is -0.140. The lowest BCUT2D eigenvalue weighted by atomic mass is 9.95. The van der Waals surface area contributed by atoms with E-state index in [9.17, 15) is 18.7 Å². The molecule has 1 aromatic rings. The van der Waals surface area contributed by atoms with Crippen LogP contribution >= 0.6 is 11.8 Å². The predicted octanol–water partition coefficient (Wildman–Crippen LogP) is 2.44. The summed E-state index contributed by atoms with van der Waals surface area (Å²) >= 11 is 1.71. The number of halogens is 2. The predicted molar refractivity (Wildman–Crippen MR) is 79.3 cm³/mol. The van der Waals surface area contributed by atoms with Gasteiger partial charge in [-0.3, -0.25) is 4.79 Å². The van der Waals surface area contributed by atoms with Gasteiger partial charge in [0, 0.05) is 18.5 Å². The van der Waals surface area contributed by atoms with E-state index in [0.29, 0.717) is 18.4 Å². The highest BCUT2D eigenvalue weighted by atomic mass is 32.2. The zero-order chi connectivity index (χ0) is 15.5. The van der Waals surface area contributed by atoms with Crippen LogP contribution in [0.3, 0.4) is 0 Å². The summed E-state index contributed by atoms with van der Waals surface area (Å²) < 4.78 is 26.5. The van der Waals surface area contributed by atoms with Crippen LogP contribution in [-0.2, 0) is 4.79 Å². The molecular weight excluding hydrogens is 296 g/mol. The first-order valence-electron chi connectivity index (χ1n) is 6.96. The van der Waals surface area contributed by atoms with Crippen LogP contribution in [0, 0.1) is 11.6 Å². The zero-order valence-corrected chi connectivity index (χ0v) is 12.7. The fourth-order valence-corrected chi connectivity index (χ4v) is 3.53. The monoisotopic (exact) mass is 315 g/mol. The van der Waals surface area contributed by atoms with E-state index in [-0.39, 0.29) is 12.5 Å². The van der Waals surface area contributed by atoms with Gasteiger partial charge in [0.15, 0.2) is 0 Å². The molecule has 1 heterocycles. The van der Waals surface area contributed by atoms with Gasteiger partial charge in [-0.1, -0.05) is 13.0 Å². The molecule has 2 rings (SSSR count). The molecule has 116 valence electrons. The smallest absolute Gasteiger partial charge is 0.252 e. The molecule has 1 aromatic carbocycles. The molecule has 1 aliphatic rings. The zero-order valence-electron chi connectivity index (χ0n) is 11.9. The van der Waals surface area contributed by atoms with Gasteiger partial charge in [-0.05, 0) is 36.0 Å². The highest BCUT2D eigenvalue weighted by molar-refractivity contribution is 7.99. The first-order chi connectivity index (χ1) is 9.92. The van der Waals surface area contributed by atoms with Crippen molar-refractivity contribution in [1.29, 1.82) is 0 Å². The summed E-state index contributed by atoms with van der Waals surface area (Å²) in [7, 11) is 0. The van der Waals surface area contributed by atoms with E-state index in [0.717, 1.165) is 17.6 Å². The minimum atomic E-state index is -1.31. The second kappa shape index (κ2) is 6.75. The van der Waals surface area contributed by atoms with Gasteiger partial charge in [0.1, 0.15) is 17.2 Å². The number of rotatable bonds is 4. The second-order valence-electron chi connectivity index (χ2n) is 5.42. The van der Waals surface area contributed by atoms with Gasteiger partial charge < -0.3 is 10.4 Å². The molecule has 1 saturated heterocycles. The Morgan fingerprint density at radius 1 is 1.43 bits per heavy atom. The fraction of sp³-hybridized carbons (Fsp3) is 0.533. The summed E-state index contributed by atoms with van der Waals surface area (Å²) in [5.74, 6) is -0.433. The molecule has 0 bridgehead atoms. The lowest BCUT2D eigenvalue weighted by Gasteiger charge is -2.30. The van der Waals surface area contributed by atoms with Crippen LogP contribution in [0.4, 0.5) is 8.78 Å². The van der Waals surface area contributed by atoms with Crippen LogP contribution in [0.2, 0.25) is 0 Å². The third-order valence-electron chi connectivity index (χ3n) is 3.80. The maximum atomic E-state index is 13.7. The van der Waals surface area contributed by atoms with Gasteiger partial charge >= 0.3 is 0 Å². The summed E-state index contributed by atoms with van der Waals surface area (Å²) in [5.41, 5.74) is -0.963. The number of amides is 1. The largest absolute Gasteiger partial charge is 0.380 e. The summed E-state index contributed by atoms with van der Waals surface area (Å²) in [4.78, 5) is 12.1. The van der Waals surface area contributed by atoms with Gasteiger partial charge in [-0.2, -0.15) is 11.8 Å². The van der Waals surface area contributed by atoms with Crippen LogP contribution in [0.25, 0.3) is 0 Å². The number of hydrogen-bond acceptors (Lipinski definition) is 3. The van der Waals surface area contributed by atoms with Gasteiger partial charge in [0.25, 0.3) is 5.91 Å². The first kappa shape index (κ1) is 16.2. The van der Waals surface area contributed by atoms with Crippen molar-refractivity contribution in [2.75, 3.05) is 18.1 Å². The maximum Gasteiger partial charge on any atom is 0.252 e. The normalized spacial score (nSPS) is 19.0. The van der Waals surface area contributed by atoms with Crippen molar-refractivity contribution >= 4 is 17.7 Å². The minimum absolute atomic E-state index is 0.205. The number of aliphatic hydroxyl groups is 1. The third kappa shape index (κ3) is 3.95. The van der Waals surface area contributed by atoms with Crippen LogP contribution in [0.1, 0.15) is 31.2 Å². The molecule has 1 atom stereocenters. The van der Waals surface area contributed by atoms with E-state index in [4.69, 9.17) is 0 Å². The molecule has 3 nitrogen and oxygen atoms in total. The highest BCUT2D eigenvalue weighted by Gasteiger charge is 2.37. The molecule has 0 aromatic heterocycles. The van der Waals surface area contributed by atoms with Gasteiger partial charge in [-0.15, -0.1) is 0 Å². The maximum absolute atomic E-state index is 13.7. The number of hydrogen-bond donors (Lipinski definition) is 2. The highest BCUT2D eigenvalue weighted by Crippen LogP contribution is 2.27. The molecule has 0 aliphatic carbocycles. The fourth-order valence-electron chi connectivity index (χ4n) is 2.36. The van der Waals surface area contributed by atoms with Gasteiger partial charge in [0.05, 0.1) is 0 Å². The Balaban J connectivity index is 1.94. The number of nitrogens with one attached hydrogen (secondary N) is 1. The van der Waals surface area contributed by atoms with Crippen LogP contribution < -0.4 is 5.32 Å². The Kier molecular flexibility index (Phi) is 5.22. The Labute approximate surface area is 127 Å². The van der Waals surface area contributed by atoms with E-state index < -0.39 is 23.1 Å². The molecule has 0 unspecified atom stereocenters. The molecule has 0 radical (unpaired) electrons. The molecule has 2 N–H and O–H groups in total. The Bertz CT molecular complexity index is 518. The lowest BCUT2D eigenvalue weighted by Crippen LogP contribution is -2.49. The summed E-state index contributed by atoms with van der Waals surface area (Å²) in [6.07, 6.45) is 0.867. The van der Waals surface area contributed by atoms with E-state index in [1.165, 1.54) is 12.1 Å². The van der Waals surface area contributed by atoms with Crippen LogP contribution in [-0.4, -0.2) is 34.7 Å². The molecule has 21 heavy (non-hydrogen) atoms. The van der Waals surface area contributed by atoms with Crippen molar-refractivity contribution < 1.29 is 18.7 Å². The average Bonchev–Trinajstić information content (AvgIpc) is 2.45. The number of benzene rings is 1. The average molecular weight is 315 g/mol. The van der Waals surface area contributed by atoms with Crippen molar-refractivity contribution in [2.45, 2.75) is 31.3 Å². The number of thioether (sulfide) groups is 1. The molecule has 6 heteroatoms. The van der Waals surface area contributed by atoms with Crippen molar-refractivity contribution in [3.63, 3.8) is 0 Å². The molecule has 1 fully saturated rings. The van der Waals surface area contributed by atoms with E-state index in [2.05, 4.69) is 5.32 Å². The first-order valence-corrected chi connectivity index (χ1v) is 8.11. The minimum Gasteiger partial charge on any atom is -0.380 e. The SMILES string of the molecule is C[C@H](CNC(=O)C1(O)CCSCC1)c1ccc(F)cc1F. The van der Waals surface area contributed by atoms with Crippen molar-refractivity contribution in [3.8, 4) is 0 Å². The third-order valence-corrected chi connectivity index (χ3v) is 4.79. The van der Waals surface area contributed by atoms with Gasteiger partial charge in [0.2, 0.25) is 0 Å². The summed E-state index contributed by atoms with van der Waals surface area (Å²) in [6.45, 7) is 1.95. The topological polar surface area (TPSA) is 49.3 Å². The van der Waals surface area contributed by atoms with Crippen molar-refractivity contribution in [2.24, 2.45) is 0 Å². The Morgan fingerprint density at radius 3 is 2.71 bits per heavy atom. The molecule has 0 saturated carbocycles. The molecule has 1 aliphatic heterocycles. The van der Waals surface area contributed by atoms with Gasteiger partial charge in [-0.25, -0.2) is 8.78 Å². The van der Waals surface area contributed by atoms with E-state index >= 15 is 0 Å². The van der Waals surface area contributed by atoms with Crippen molar-refractivity contribution in [3.05, 3.63) is 35.4 Å². The van der Waals surface area contributed by atoms with Crippen LogP contribution in [0.15, 0.2) is 18.2 Å². The molecule has 1 amide bonds. The van der Waals surface area contributed by atoms with Crippen LogP contribution in [0.5, 0.6) is 0 Å². The van der Waals surface area contributed by atoms with Crippen molar-refractivity contribution in [1.82, 2.24) is 5.32 Å². The summed E-state index contributed by atoms with van der Waals surface area (Å²) in [5, 5.41) is 12.9. The van der Waals surface area contributed by atoms with E-state index in [1.807, 2.05) is 0 Å². The van der Waals surface area contributed by atoms with E-state index in [1.54, 1.807) is 18.7 Å². The molecular formula is C15H19F2NO2S. The summed E-state index contributed by atoms with van der Waals surface area (Å²) in [6, 6.07) is 3.41.